The lowest BCUT2D eigenvalue weighted by atomic mass is 10.00. The zero-order valence-corrected chi connectivity index (χ0v) is 23.9. The number of likely N-dealkylation sites (tertiary alicyclic amines) is 1. The van der Waals surface area contributed by atoms with Crippen molar-refractivity contribution in [2.45, 2.75) is 36.9 Å². The predicted octanol–water partition coefficient (Wildman–Crippen LogP) is 4.35. The van der Waals surface area contributed by atoms with Gasteiger partial charge in [-0.3, -0.25) is 24.4 Å². The fourth-order valence-electron chi connectivity index (χ4n) is 5.38. The first-order chi connectivity index (χ1) is 21.2. The summed E-state index contributed by atoms with van der Waals surface area (Å²) in [6, 6.07) is 10.9. The smallest absolute Gasteiger partial charge is 0.410 e. The minimum atomic E-state index is -2.96. The molecular formula is C29H26ClF2N9O3. The van der Waals surface area contributed by atoms with Crippen molar-refractivity contribution in [2.24, 2.45) is 10.7 Å². The molecule has 2 aromatic heterocycles. The van der Waals surface area contributed by atoms with Gasteiger partial charge in [0.25, 0.3) is 11.8 Å². The Morgan fingerprint density at radius 1 is 1.16 bits per heavy atom. The molecular weight excluding hydrogens is 596 g/mol. The molecule has 1 saturated carbocycles. The van der Waals surface area contributed by atoms with E-state index in [0.717, 1.165) is 28.9 Å². The molecule has 2 fully saturated rings. The standard InChI is InChI=1S/C29H26ClF2N9O3/c30-22-8-5-18(9-21(22)25-34-15-35-38-25)23(12-44-28(43)39-13-29(31,32)14-39)41-26(42)24(37-27(41)33)17-3-1-16(2-4-17)19-10-36-40(11-19)20-6-7-20/h1-5,8-11,15,20,23-24H,6-7,12-14H2,(H2,33,37)(H,34,35,38)/t23-,24-/m1/s1. The van der Waals surface area contributed by atoms with E-state index < -0.39 is 43.1 Å². The van der Waals surface area contributed by atoms with E-state index in [1.54, 1.807) is 18.2 Å². The number of hydrogen-bond donors (Lipinski definition) is 2. The highest BCUT2D eigenvalue weighted by molar-refractivity contribution is 6.33. The van der Waals surface area contributed by atoms with Gasteiger partial charge in [-0.25, -0.2) is 23.6 Å². The van der Waals surface area contributed by atoms with E-state index in [1.165, 1.54) is 11.2 Å². The largest absolute Gasteiger partial charge is 0.447 e. The fourth-order valence-corrected chi connectivity index (χ4v) is 5.58. The zero-order chi connectivity index (χ0) is 30.6. The monoisotopic (exact) mass is 621 g/mol. The second-order valence-corrected chi connectivity index (χ2v) is 11.4. The second kappa shape index (κ2) is 10.7. The molecule has 0 bridgehead atoms. The van der Waals surface area contributed by atoms with Crippen LogP contribution in [0.5, 0.6) is 0 Å². The van der Waals surface area contributed by atoms with Crippen LogP contribution in [0.25, 0.3) is 22.5 Å². The Morgan fingerprint density at radius 3 is 2.61 bits per heavy atom. The van der Waals surface area contributed by atoms with Crippen molar-refractivity contribution in [3.63, 3.8) is 0 Å². The molecule has 2 aliphatic heterocycles. The number of amides is 2. The van der Waals surface area contributed by atoms with Crippen molar-refractivity contribution < 1.29 is 23.1 Å². The van der Waals surface area contributed by atoms with Gasteiger partial charge in [0.05, 0.1) is 36.4 Å². The summed E-state index contributed by atoms with van der Waals surface area (Å²) in [6.07, 6.45) is 6.49. The lowest BCUT2D eigenvalue weighted by molar-refractivity contribution is -0.131. The lowest BCUT2D eigenvalue weighted by Crippen LogP contribution is -2.58. The highest BCUT2D eigenvalue weighted by atomic mass is 35.5. The van der Waals surface area contributed by atoms with Crippen molar-refractivity contribution in [1.29, 1.82) is 0 Å². The summed E-state index contributed by atoms with van der Waals surface area (Å²) in [6.45, 7) is -1.85. The number of hydrogen-bond acceptors (Lipinski definition) is 8. The van der Waals surface area contributed by atoms with Crippen molar-refractivity contribution in [1.82, 2.24) is 34.8 Å². The predicted molar refractivity (Wildman–Crippen MR) is 155 cm³/mol. The molecule has 2 aromatic carbocycles. The Hall–Kier alpha value is -4.85. The van der Waals surface area contributed by atoms with Crippen LogP contribution in [-0.2, 0) is 9.53 Å². The van der Waals surface area contributed by atoms with Crippen LogP contribution in [0.4, 0.5) is 13.6 Å². The molecule has 2 amide bonds. The second-order valence-electron chi connectivity index (χ2n) is 11.0. The van der Waals surface area contributed by atoms with Gasteiger partial charge in [-0.2, -0.15) is 10.2 Å². The Labute approximate surface area is 254 Å². The number of halogens is 3. The first-order valence-electron chi connectivity index (χ1n) is 13.9. The molecule has 44 heavy (non-hydrogen) atoms. The average Bonchev–Trinajstić information content (AvgIpc) is 3.36. The summed E-state index contributed by atoms with van der Waals surface area (Å²) >= 11 is 6.43. The number of nitrogens with zero attached hydrogens (tertiary/aromatic N) is 7. The maximum absolute atomic E-state index is 13.9. The molecule has 3 N–H and O–H groups in total. The molecule has 1 saturated heterocycles. The van der Waals surface area contributed by atoms with Crippen molar-refractivity contribution in [2.75, 3.05) is 19.7 Å². The van der Waals surface area contributed by atoms with Crippen molar-refractivity contribution >= 4 is 29.6 Å². The molecule has 2 atom stereocenters. The lowest BCUT2D eigenvalue weighted by Gasteiger charge is -2.38. The van der Waals surface area contributed by atoms with Crippen LogP contribution in [0.2, 0.25) is 5.02 Å². The number of alkyl halides is 2. The molecule has 0 spiro atoms. The molecule has 12 nitrogen and oxygen atoms in total. The first kappa shape index (κ1) is 28.0. The van der Waals surface area contributed by atoms with Crippen LogP contribution in [-0.4, -0.2) is 78.3 Å². The molecule has 4 aromatic rings. The summed E-state index contributed by atoms with van der Waals surface area (Å²) < 4.78 is 34.1. The van der Waals surface area contributed by atoms with Gasteiger partial charge in [-0.05, 0) is 41.7 Å². The van der Waals surface area contributed by atoms with Crippen LogP contribution in [0.3, 0.4) is 0 Å². The number of benzene rings is 2. The average molecular weight is 622 g/mol. The molecule has 226 valence electrons. The number of aliphatic imine (C=N–C) groups is 1. The van der Waals surface area contributed by atoms with E-state index in [-0.39, 0.29) is 12.6 Å². The first-order valence-corrected chi connectivity index (χ1v) is 14.3. The highest BCUT2D eigenvalue weighted by Crippen LogP contribution is 2.37. The van der Waals surface area contributed by atoms with Gasteiger partial charge in [-0.1, -0.05) is 41.9 Å². The molecule has 3 aliphatic rings. The number of nitrogens with one attached hydrogen (secondary N) is 1. The van der Waals surface area contributed by atoms with Gasteiger partial charge in [-0.15, -0.1) is 0 Å². The van der Waals surface area contributed by atoms with Crippen LogP contribution in [0, 0.1) is 0 Å². The number of aromatic nitrogens is 5. The summed E-state index contributed by atoms with van der Waals surface area (Å²) in [5, 5.41) is 11.4. The molecule has 1 aliphatic carbocycles. The van der Waals surface area contributed by atoms with Crippen LogP contribution < -0.4 is 5.73 Å². The molecule has 0 radical (unpaired) electrons. The van der Waals surface area contributed by atoms with Crippen molar-refractivity contribution in [3.8, 4) is 22.5 Å². The van der Waals surface area contributed by atoms with Gasteiger partial charge in [0.15, 0.2) is 17.8 Å². The van der Waals surface area contributed by atoms with Gasteiger partial charge in [0, 0.05) is 17.3 Å². The van der Waals surface area contributed by atoms with E-state index in [2.05, 4.69) is 25.3 Å². The Balaban J connectivity index is 1.15. The topological polar surface area (TPSA) is 148 Å². The summed E-state index contributed by atoms with van der Waals surface area (Å²) in [7, 11) is 0. The molecule has 0 unspecified atom stereocenters. The van der Waals surface area contributed by atoms with Gasteiger partial charge in [0.1, 0.15) is 12.9 Å². The quantitative estimate of drug-likeness (QED) is 0.297. The van der Waals surface area contributed by atoms with E-state index in [0.29, 0.717) is 33.6 Å². The third kappa shape index (κ3) is 5.25. The number of carbonyl (C=O) groups excluding carboxylic acids is 2. The number of H-pyrrole nitrogens is 1. The number of nitrogens with two attached hydrogens (primary N) is 1. The van der Waals surface area contributed by atoms with E-state index in [9.17, 15) is 18.4 Å². The summed E-state index contributed by atoms with van der Waals surface area (Å²) in [5.74, 6) is -3.10. The van der Waals surface area contributed by atoms with Crippen LogP contribution in [0.1, 0.15) is 42.1 Å². The molecule has 4 heterocycles. The minimum Gasteiger partial charge on any atom is -0.447 e. The number of aromatic amines is 1. The number of rotatable bonds is 8. The Morgan fingerprint density at radius 2 is 1.93 bits per heavy atom. The van der Waals surface area contributed by atoms with Crippen LogP contribution >= 0.6 is 11.6 Å². The number of carbonyl (C=O) groups is 2. The van der Waals surface area contributed by atoms with Crippen molar-refractivity contribution in [3.05, 3.63) is 77.3 Å². The Bertz CT molecular complexity index is 1750. The van der Waals surface area contributed by atoms with E-state index >= 15 is 0 Å². The van der Waals surface area contributed by atoms with Gasteiger partial charge < -0.3 is 10.5 Å². The van der Waals surface area contributed by atoms with E-state index in [1.807, 2.05) is 41.3 Å². The maximum Gasteiger partial charge on any atom is 0.410 e. The normalized spacial score (nSPS) is 19.9. The maximum atomic E-state index is 13.9. The number of guanidine groups is 1. The minimum absolute atomic E-state index is 0.0810. The molecule has 15 heteroatoms. The van der Waals surface area contributed by atoms with Gasteiger partial charge >= 0.3 is 6.09 Å². The molecule has 7 rings (SSSR count). The third-order valence-corrected chi connectivity index (χ3v) is 8.22. The van der Waals surface area contributed by atoms with Crippen LogP contribution in [0.15, 0.2) is 66.2 Å². The highest BCUT2D eigenvalue weighted by Gasteiger charge is 2.47. The Kier molecular flexibility index (Phi) is 6.80. The fraction of sp³-hybridized carbons (Fsp3) is 0.310. The SMILES string of the molecule is NC1=N[C@H](c2ccc(-c3cnn(C4CC4)c3)cc2)C(=O)N1[C@H](COC(=O)N1CC(F)(F)C1)c1ccc(Cl)c(-c2ncn[nH]2)c1. The number of ether oxygens (including phenoxy) is 1. The summed E-state index contributed by atoms with van der Waals surface area (Å²) in [5.41, 5.74) is 9.86. The third-order valence-electron chi connectivity index (χ3n) is 7.89. The van der Waals surface area contributed by atoms with E-state index in [4.69, 9.17) is 22.1 Å². The summed E-state index contributed by atoms with van der Waals surface area (Å²) in [4.78, 5) is 37.2. The zero-order valence-electron chi connectivity index (χ0n) is 23.1. The van der Waals surface area contributed by atoms with Gasteiger partial charge in [0.2, 0.25) is 0 Å².